The molecule has 0 spiro atoms. The number of nitro groups is 1. The van der Waals surface area contributed by atoms with E-state index in [1.54, 1.807) is 23.3 Å². The molecular formula is C22H26ClN3O6. The van der Waals surface area contributed by atoms with Gasteiger partial charge in [-0.25, -0.2) is 0 Å². The number of benzene rings is 1. The summed E-state index contributed by atoms with van der Waals surface area (Å²) in [6.45, 7) is 3.45. The molecule has 3 rings (SSSR count). The monoisotopic (exact) mass is 463 g/mol. The van der Waals surface area contributed by atoms with Crippen LogP contribution in [0, 0.1) is 10.1 Å². The van der Waals surface area contributed by atoms with Gasteiger partial charge in [0.15, 0.2) is 0 Å². The van der Waals surface area contributed by atoms with Gasteiger partial charge in [-0.15, -0.1) is 0 Å². The van der Waals surface area contributed by atoms with Crippen molar-refractivity contribution in [2.75, 3.05) is 26.2 Å². The van der Waals surface area contributed by atoms with E-state index in [2.05, 4.69) is 0 Å². The van der Waals surface area contributed by atoms with E-state index in [0.717, 1.165) is 18.9 Å². The molecule has 0 saturated carbocycles. The number of amides is 2. The molecule has 1 aromatic heterocycles. The second-order valence-electron chi connectivity index (χ2n) is 7.64. The Hall–Kier alpha value is -2.91. The lowest BCUT2D eigenvalue weighted by Gasteiger charge is -2.28. The molecule has 1 atom stereocenters. The lowest BCUT2D eigenvalue weighted by atomic mass is 10.1. The molecule has 0 N–H and O–H groups in total. The topological polar surface area (TPSA) is 106 Å². The van der Waals surface area contributed by atoms with E-state index in [4.69, 9.17) is 20.8 Å². The van der Waals surface area contributed by atoms with Crippen molar-refractivity contribution in [2.45, 2.75) is 38.8 Å². The fourth-order valence-electron chi connectivity index (χ4n) is 3.63. The average molecular weight is 464 g/mol. The third kappa shape index (κ3) is 6.08. The molecule has 0 bridgehead atoms. The molecule has 2 heterocycles. The van der Waals surface area contributed by atoms with Crippen molar-refractivity contribution in [3.8, 4) is 0 Å². The van der Waals surface area contributed by atoms with E-state index in [1.165, 1.54) is 17.0 Å². The number of halogens is 1. The first kappa shape index (κ1) is 23.7. The van der Waals surface area contributed by atoms with E-state index in [1.807, 2.05) is 6.92 Å². The van der Waals surface area contributed by atoms with Crippen molar-refractivity contribution in [3.05, 3.63) is 63.1 Å². The van der Waals surface area contributed by atoms with Crippen LogP contribution in [-0.4, -0.2) is 58.9 Å². The summed E-state index contributed by atoms with van der Waals surface area (Å²) in [6.07, 6.45) is 3.96. The number of carbonyl (C=O) groups is 2. The zero-order valence-corrected chi connectivity index (χ0v) is 18.6. The molecule has 2 amide bonds. The van der Waals surface area contributed by atoms with Crippen LogP contribution in [0.3, 0.4) is 0 Å². The molecule has 2 aromatic rings. The van der Waals surface area contributed by atoms with Gasteiger partial charge >= 0.3 is 0 Å². The fourth-order valence-corrected chi connectivity index (χ4v) is 3.88. The smallest absolute Gasteiger partial charge is 0.270 e. The molecule has 1 aromatic carbocycles. The van der Waals surface area contributed by atoms with Gasteiger partial charge in [-0.3, -0.25) is 19.7 Å². The molecule has 10 heteroatoms. The van der Waals surface area contributed by atoms with Gasteiger partial charge in [-0.05, 0) is 37.5 Å². The molecule has 1 aliphatic rings. The quantitative estimate of drug-likeness (QED) is 0.390. The molecule has 0 aliphatic carbocycles. The minimum absolute atomic E-state index is 0.0236. The summed E-state index contributed by atoms with van der Waals surface area (Å²) in [6, 6.07) is 7.24. The van der Waals surface area contributed by atoms with E-state index in [9.17, 15) is 19.7 Å². The van der Waals surface area contributed by atoms with Crippen LogP contribution in [0.4, 0.5) is 5.69 Å². The first-order valence-electron chi connectivity index (χ1n) is 10.5. The van der Waals surface area contributed by atoms with Crippen molar-refractivity contribution < 1.29 is 23.7 Å². The summed E-state index contributed by atoms with van der Waals surface area (Å²) in [7, 11) is 0. The maximum atomic E-state index is 13.2. The Labute approximate surface area is 191 Å². The molecule has 1 unspecified atom stereocenters. The lowest BCUT2D eigenvalue weighted by Crippen LogP contribution is -2.45. The predicted molar refractivity (Wildman–Crippen MR) is 117 cm³/mol. The Balaban J connectivity index is 1.76. The van der Waals surface area contributed by atoms with Crippen LogP contribution < -0.4 is 0 Å². The molecule has 0 radical (unpaired) electrons. The molecule has 1 fully saturated rings. The first-order valence-corrected chi connectivity index (χ1v) is 10.9. The van der Waals surface area contributed by atoms with E-state index in [-0.39, 0.29) is 41.4 Å². The fraction of sp³-hybridized carbons (Fsp3) is 0.455. The summed E-state index contributed by atoms with van der Waals surface area (Å²) < 4.78 is 11.1. The van der Waals surface area contributed by atoms with Crippen LogP contribution in [0.5, 0.6) is 0 Å². The molecule has 1 saturated heterocycles. The first-order chi connectivity index (χ1) is 15.4. The lowest BCUT2D eigenvalue weighted by molar-refractivity contribution is -0.384. The van der Waals surface area contributed by atoms with Crippen molar-refractivity contribution in [1.82, 2.24) is 9.80 Å². The minimum Gasteiger partial charge on any atom is -0.467 e. The largest absolute Gasteiger partial charge is 0.467 e. The van der Waals surface area contributed by atoms with E-state index in [0.29, 0.717) is 31.9 Å². The summed E-state index contributed by atoms with van der Waals surface area (Å²) in [5, 5.41) is 10.9. The summed E-state index contributed by atoms with van der Waals surface area (Å²) in [4.78, 5) is 39.8. The van der Waals surface area contributed by atoms with E-state index < -0.39 is 10.8 Å². The van der Waals surface area contributed by atoms with Gasteiger partial charge in [0.05, 0.1) is 34.4 Å². The Morgan fingerprint density at radius 3 is 2.69 bits per heavy atom. The molecule has 1 aliphatic heterocycles. The molecule has 172 valence electrons. The standard InChI is InChI=1S/C22H26ClN3O6/c1-2-9-24(22(28)19-8-7-16(26(29)30)12-20(19)23)15-21(27)25(13-17-5-3-10-31-17)14-18-6-4-11-32-18/h3,5,7-8,10,12,18H,2,4,6,9,11,13-15H2,1H3. The Morgan fingerprint density at radius 1 is 1.28 bits per heavy atom. The van der Waals surface area contributed by atoms with Crippen LogP contribution in [0.25, 0.3) is 0 Å². The summed E-state index contributed by atoms with van der Waals surface area (Å²) >= 11 is 6.14. The number of carbonyl (C=O) groups excluding carboxylic acids is 2. The third-order valence-corrected chi connectivity index (χ3v) is 5.54. The van der Waals surface area contributed by atoms with Gasteiger partial charge in [0.1, 0.15) is 12.3 Å². The van der Waals surface area contributed by atoms with Crippen molar-refractivity contribution >= 4 is 29.1 Å². The number of nitro benzene ring substituents is 1. The number of hydrogen-bond donors (Lipinski definition) is 0. The third-order valence-electron chi connectivity index (χ3n) is 5.23. The number of rotatable bonds is 10. The maximum absolute atomic E-state index is 13.2. The number of furan rings is 1. The van der Waals surface area contributed by atoms with Gasteiger partial charge in [0, 0.05) is 31.8 Å². The Bertz CT molecular complexity index is 943. The number of nitrogens with zero attached hydrogens (tertiary/aromatic N) is 3. The molecular weight excluding hydrogens is 438 g/mol. The van der Waals surface area contributed by atoms with Crippen LogP contribution in [0.1, 0.15) is 42.3 Å². The number of ether oxygens (including phenoxy) is 1. The predicted octanol–water partition coefficient (Wildman–Crippen LogP) is 3.90. The van der Waals surface area contributed by atoms with Gasteiger partial charge < -0.3 is 19.0 Å². The Kier molecular flexibility index (Phi) is 8.24. The summed E-state index contributed by atoms with van der Waals surface area (Å²) in [5.74, 6) is -0.0463. The number of hydrogen-bond acceptors (Lipinski definition) is 6. The van der Waals surface area contributed by atoms with Crippen LogP contribution in [-0.2, 0) is 16.1 Å². The van der Waals surface area contributed by atoms with Crippen LogP contribution in [0.2, 0.25) is 5.02 Å². The molecule has 32 heavy (non-hydrogen) atoms. The second kappa shape index (κ2) is 11.1. The summed E-state index contributed by atoms with van der Waals surface area (Å²) in [5.41, 5.74) is -0.0823. The SMILES string of the molecule is CCCN(CC(=O)N(Cc1ccco1)CC1CCCO1)C(=O)c1ccc([N+](=O)[O-])cc1Cl. The highest BCUT2D eigenvalue weighted by Crippen LogP contribution is 2.24. The van der Waals surface area contributed by atoms with Gasteiger partial charge in [-0.2, -0.15) is 0 Å². The molecule has 9 nitrogen and oxygen atoms in total. The van der Waals surface area contributed by atoms with Crippen LogP contribution in [0.15, 0.2) is 41.0 Å². The highest BCUT2D eigenvalue weighted by Gasteiger charge is 2.27. The van der Waals surface area contributed by atoms with Crippen molar-refractivity contribution in [3.63, 3.8) is 0 Å². The van der Waals surface area contributed by atoms with Crippen molar-refractivity contribution in [1.29, 1.82) is 0 Å². The van der Waals surface area contributed by atoms with Crippen LogP contribution >= 0.6 is 11.6 Å². The highest BCUT2D eigenvalue weighted by molar-refractivity contribution is 6.34. The van der Waals surface area contributed by atoms with Gasteiger partial charge in [-0.1, -0.05) is 18.5 Å². The second-order valence-corrected chi connectivity index (χ2v) is 8.04. The van der Waals surface area contributed by atoms with Gasteiger partial charge in [0.2, 0.25) is 5.91 Å². The maximum Gasteiger partial charge on any atom is 0.270 e. The zero-order chi connectivity index (χ0) is 23.1. The van der Waals surface area contributed by atoms with Gasteiger partial charge in [0.25, 0.3) is 11.6 Å². The highest BCUT2D eigenvalue weighted by atomic mass is 35.5. The normalized spacial score (nSPS) is 15.5. The Morgan fingerprint density at radius 2 is 2.09 bits per heavy atom. The average Bonchev–Trinajstić information content (AvgIpc) is 3.46. The minimum atomic E-state index is -0.578. The van der Waals surface area contributed by atoms with Crippen molar-refractivity contribution in [2.24, 2.45) is 0 Å². The number of non-ortho nitro benzene ring substituents is 1. The zero-order valence-electron chi connectivity index (χ0n) is 17.9. The van der Waals surface area contributed by atoms with E-state index >= 15 is 0 Å².